The predicted octanol–water partition coefficient (Wildman–Crippen LogP) is -0.405. The summed E-state index contributed by atoms with van der Waals surface area (Å²) in [5.74, 6) is 1.20. The van der Waals surface area contributed by atoms with Gasteiger partial charge in [-0.05, 0) is 12.8 Å². The zero-order valence-corrected chi connectivity index (χ0v) is 7.36. The van der Waals surface area contributed by atoms with Crippen LogP contribution in [0.1, 0.15) is 24.6 Å². The van der Waals surface area contributed by atoms with E-state index in [0.717, 1.165) is 12.8 Å². The number of aliphatic hydroxyl groups is 1. The summed E-state index contributed by atoms with van der Waals surface area (Å²) in [5.41, 5.74) is 5.57. The molecule has 2 rings (SSSR count). The van der Waals surface area contributed by atoms with Crippen molar-refractivity contribution in [1.29, 1.82) is 0 Å². The second kappa shape index (κ2) is 3.08. The molecule has 5 nitrogen and oxygen atoms in total. The Morgan fingerprint density at radius 1 is 1.54 bits per heavy atom. The molecule has 1 aromatic rings. The average molecular weight is 183 g/mol. The van der Waals surface area contributed by atoms with E-state index in [-0.39, 0.29) is 12.0 Å². The monoisotopic (exact) mass is 183 g/mol. The number of aromatic nitrogens is 2. The standard InChI is InChI=1S/C8H13N3O2/c9-5-8(2-3-8)7-10-6(1-4-12)11-13-7/h12H,1-5,9H2. The minimum absolute atomic E-state index is 0.0410. The Balaban J connectivity index is 2.13. The Labute approximate surface area is 75.9 Å². The quantitative estimate of drug-likeness (QED) is 0.663. The molecule has 1 heterocycles. The number of nitrogens with zero attached hydrogens (tertiary/aromatic N) is 2. The fraction of sp³-hybridized carbons (Fsp3) is 0.750. The van der Waals surface area contributed by atoms with Gasteiger partial charge >= 0.3 is 0 Å². The van der Waals surface area contributed by atoms with Crippen molar-refractivity contribution < 1.29 is 9.63 Å². The predicted molar refractivity (Wildman–Crippen MR) is 45.1 cm³/mol. The van der Waals surface area contributed by atoms with Crippen LogP contribution < -0.4 is 5.73 Å². The molecule has 3 N–H and O–H groups in total. The van der Waals surface area contributed by atoms with Crippen LogP contribution in [-0.4, -0.2) is 28.4 Å². The molecule has 0 atom stereocenters. The number of hydrogen-bond acceptors (Lipinski definition) is 5. The summed E-state index contributed by atoms with van der Waals surface area (Å²) in [7, 11) is 0. The average Bonchev–Trinajstić information content (AvgIpc) is 2.82. The van der Waals surface area contributed by atoms with Crippen molar-refractivity contribution in [2.75, 3.05) is 13.2 Å². The topological polar surface area (TPSA) is 85.2 Å². The van der Waals surface area contributed by atoms with Gasteiger partial charge in [-0.3, -0.25) is 0 Å². The van der Waals surface area contributed by atoms with Gasteiger partial charge in [-0.15, -0.1) is 0 Å². The van der Waals surface area contributed by atoms with Crippen LogP contribution in [0.25, 0.3) is 0 Å². The van der Waals surface area contributed by atoms with Gasteiger partial charge in [-0.1, -0.05) is 5.16 Å². The van der Waals surface area contributed by atoms with Gasteiger partial charge in [0.15, 0.2) is 5.82 Å². The maximum atomic E-state index is 8.66. The Kier molecular flexibility index (Phi) is 2.05. The zero-order valence-electron chi connectivity index (χ0n) is 7.36. The second-order valence-corrected chi connectivity index (χ2v) is 3.47. The molecule has 0 unspecified atom stereocenters. The van der Waals surface area contributed by atoms with Gasteiger partial charge in [-0.2, -0.15) is 4.98 Å². The van der Waals surface area contributed by atoms with E-state index in [2.05, 4.69) is 10.1 Å². The molecule has 1 fully saturated rings. The van der Waals surface area contributed by atoms with Crippen LogP contribution >= 0.6 is 0 Å². The molecule has 0 bridgehead atoms. The van der Waals surface area contributed by atoms with Gasteiger partial charge in [-0.25, -0.2) is 0 Å². The van der Waals surface area contributed by atoms with E-state index in [1.54, 1.807) is 0 Å². The van der Waals surface area contributed by atoms with E-state index in [1.807, 2.05) is 0 Å². The summed E-state index contributed by atoms with van der Waals surface area (Å²) in [6.45, 7) is 0.613. The normalized spacial score (nSPS) is 18.9. The van der Waals surface area contributed by atoms with Crippen LogP contribution in [0.15, 0.2) is 4.52 Å². The van der Waals surface area contributed by atoms with E-state index in [1.165, 1.54) is 0 Å². The lowest BCUT2D eigenvalue weighted by Crippen LogP contribution is -2.20. The van der Waals surface area contributed by atoms with Gasteiger partial charge in [0.1, 0.15) is 0 Å². The molecule has 5 heteroatoms. The fourth-order valence-corrected chi connectivity index (χ4v) is 1.33. The minimum Gasteiger partial charge on any atom is -0.396 e. The van der Waals surface area contributed by atoms with Gasteiger partial charge in [0.25, 0.3) is 0 Å². The molecule has 0 aliphatic heterocycles. The molecule has 0 radical (unpaired) electrons. The summed E-state index contributed by atoms with van der Waals surface area (Å²) in [4.78, 5) is 4.19. The smallest absolute Gasteiger partial charge is 0.234 e. The van der Waals surface area contributed by atoms with Crippen LogP contribution in [-0.2, 0) is 11.8 Å². The summed E-state index contributed by atoms with van der Waals surface area (Å²) in [6.07, 6.45) is 2.51. The lowest BCUT2D eigenvalue weighted by Gasteiger charge is -2.03. The fourth-order valence-electron chi connectivity index (χ4n) is 1.33. The highest BCUT2D eigenvalue weighted by Gasteiger charge is 2.48. The van der Waals surface area contributed by atoms with Crippen molar-refractivity contribution in [3.63, 3.8) is 0 Å². The van der Waals surface area contributed by atoms with Gasteiger partial charge in [0.05, 0.1) is 12.0 Å². The molecule has 0 spiro atoms. The minimum atomic E-state index is -0.0410. The Morgan fingerprint density at radius 2 is 2.31 bits per heavy atom. The molecule has 0 amide bonds. The molecule has 1 aromatic heterocycles. The van der Waals surface area contributed by atoms with Crippen molar-refractivity contribution in [1.82, 2.24) is 10.1 Å². The van der Waals surface area contributed by atoms with Crippen LogP contribution in [0, 0.1) is 0 Å². The van der Waals surface area contributed by atoms with Gasteiger partial charge in [0, 0.05) is 13.0 Å². The first-order chi connectivity index (χ1) is 6.30. The Morgan fingerprint density at radius 3 is 2.85 bits per heavy atom. The van der Waals surface area contributed by atoms with Crippen molar-refractivity contribution in [2.24, 2.45) is 5.73 Å². The molecule has 1 aliphatic rings. The van der Waals surface area contributed by atoms with Crippen LogP contribution in [0.5, 0.6) is 0 Å². The summed E-state index contributed by atoms with van der Waals surface area (Å²) < 4.78 is 5.08. The SMILES string of the molecule is NCC1(c2nc(CCO)no2)CC1. The summed E-state index contributed by atoms with van der Waals surface area (Å²) in [6, 6.07) is 0. The van der Waals surface area contributed by atoms with E-state index < -0.39 is 0 Å². The molecule has 72 valence electrons. The maximum Gasteiger partial charge on any atom is 0.234 e. The second-order valence-electron chi connectivity index (χ2n) is 3.47. The van der Waals surface area contributed by atoms with Crippen LogP contribution in [0.3, 0.4) is 0 Å². The summed E-state index contributed by atoms with van der Waals surface area (Å²) in [5, 5.41) is 12.4. The third-order valence-corrected chi connectivity index (χ3v) is 2.50. The molecular weight excluding hydrogens is 170 g/mol. The molecule has 1 saturated carbocycles. The number of hydrogen-bond donors (Lipinski definition) is 2. The van der Waals surface area contributed by atoms with Crippen LogP contribution in [0.2, 0.25) is 0 Å². The largest absolute Gasteiger partial charge is 0.396 e. The first-order valence-electron chi connectivity index (χ1n) is 4.45. The van der Waals surface area contributed by atoms with Gasteiger partial charge < -0.3 is 15.4 Å². The highest BCUT2D eigenvalue weighted by atomic mass is 16.5. The third kappa shape index (κ3) is 1.45. The van der Waals surface area contributed by atoms with E-state index in [9.17, 15) is 0 Å². The van der Waals surface area contributed by atoms with Crippen molar-refractivity contribution in [3.05, 3.63) is 11.7 Å². The molecule has 0 aromatic carbocycles. The number of aliphatic hydroxyl groups excluding tert-OH is 1. The van der Waals surface area contributed by atoms with Crippen molar-refractivity contribution >= 4 is 0 Å². The molecule has 1 aliphatic carbocycles. The van der Waals surface area contributed by atoms with Gasteiger partial charge in [0.2, 0.25) is 5.89 Å². The summed E-state index contributed by atoms with van der Waals surface area (Å²) >= 11 is 0. The number of nitrogens with two attached hydrogens (primary N) is 1. The molecule has 0 saturated heterocycles. The first-order valence-corrected chi connectivity index (χ1v) is 4.45. The zero-order chi connectivity index (χ0) is 9.31. The maximum absolute atomic E-state index is 8.66. The van der Waals surface area contributed by atoms with Crippen LogP contribution in [0.4, 0.5) is 0 Å². The first kappa shape index (κ1) is 8.65. The highest BCUT2D eigenvalue weighted by molar-refractivity contribution is 5.16. The van der Waals surface area contributed by atoms with E-state index >= 15 is 0 Å². The lowest BCUT2D eigenvalue weighted by atomic mass is 10.1. The van der Waals surface area contributed by atoms with Crippen molar-refractivity contribution in [2.45, 2.75) is 24.7 Å². The van der Waals surface area contributed by atoms with E-state index in [0.29, 0.717) is 24.7 Å². The number of rotatable bonds is 4. The lowest BCUT2D eigenvalue weighted by molar-refractivity contribution is 0.292. The molecule has 13 heavy (non-hydrogen) atoms. The highest BCUT2D eigenvalue weighted by Crippen LogP contribution is 2.46. The Bertz CT molecular complexity index is 293. The van der Waals surface area contributed by atoms with Crippen molar-refractivity contribution in [3.8, 4) is 0 Å². The molecular formula is C8H13N3O2. The Hall–Kier alpha value is -0.940. The third-order valence-electron chi connectivity index (χ3n) is 2.50. The van der Waals surface area contributed by atoms with E-state index in [4.69, 9.17) is 15.4 Å².